The van der Waals surface area contributed by atoms with Gasteiger partial charge in [-0.2, -0.15) is 0 Å². The third-order valence-corrected chi connectivity index (χ3v) is 5.85. The molecule has 0 spiro atoms. The smallest absolute Gasteiger partial charge is 0.114 e. The lowest BCUT2D eigenvalue weighted by molar-refractivity contribution is -0.121. The lowest BCUT2D eigenvalue weighted by Crippen LogP contribution is -2.42. The van der Waals surface area contributed by atoms with Crippen LogP contribution in [-0.2, 0) is 34.0 Å². The van der Waals surface area contributed by atoms with Crippen LogP contribution in [0.25, 0.3) is 0 Å². The Morgan fingerprint density at radius 3 is 1.73 bits per heavy atom. The second kappa shape index (κ2) is 12.5. The van der Waals surface area contributed by atoms with Crippen molar-refractivity contribution in [3.63, 3.8) is 0 Å². The van der Waals surface area contributed by atoms with Gasteiger partial charge in [0.05, 0.1) is 32.5 Å². The highest BCUT2D eigenvalue weighted by molar-refractivity contribution is 5.19. The van der Waals surface area contributed by atoms with E-state index in [-0.39, 0.29) is 6.10 Å². The average molecular weight is 445 g/mol. The first-order valence-electron chi connectivity index (χ1n) is 11.6. The van der Waals surface area contributed by atoms with E-state index in [1.807, 2.05) is 78.9 Å². The maximum atomic E-state index is 10.9. The predicted octanol–water partition coefficient (Wildman–Crippen LogP) is 5.46. The Labute approximate surface area is 196 Å². The van der Waals surface area contributed by atoms with Crippen molar-refractivity contribution in [3.05, 3.63) is 119 Å². The zero-order valence-corrected chi connectivity index (χ0v) is 18.9. The Bertz CT molecular complexity index is 972. The molecule has 3 aromatic rings. The van der Waals surface area contributed by atoms with Gasteiger partial charge in [-0.1, -0.05) is 97.1 Å². The highest BCUT2D eigenvalue weighted by Crippen LogP contribution is 2.27. The standard InChI is InChI=1S/C29H32O4/c30-27-18-10-17-26(22-31-19-23-11-4-1-5-12-23)28(32-20-24-13-6-2-7-14-24)29(27)33-21-25-15-8-3-9-16-25/h1-9,11-17,27-30H,10,18-22H2/t27-,28-,29-/m1/s1. The quantitative estimate of drug-likeness (QED) is 0.422. The van der Waals surface area contributed by atoms with E-state index in [1.54, 1.807) is 0 Å². The van der Waals surface area contributed by atoms with E-state index in [0.29, 0.717) is 32.8 Å². The molecule has 0 saturated carbocycles. The lowest BCUT2D eigenvalue weighted by Gasteiger charge is -2.31. The van der Waals surface area contributed by atoms with Gasteiger partial charge in [0.2, 0.25) is 0 Å². The lowest BCUT2D eigenvalue weighted by atomic mass is 10.0. The van der Waals surface area contributed by atoms with E-state index in [4.69, 9.17) is 14.2 Å². The summed E-state index contributed by atoms with van der Waals surface area (Å²) < 4.78 is 18.7. The molecule has 1 aliphatic rings. The van der Waals surface area contributed by atoms with Gasteiger partial charge >= 0.3 is 0 Å². The molecular formula is C29H32O4. The molecule has 0 fully saturated rings. The van der Waals surface area contributed by atoms with Crippen LogP contribution in [0.3, 0.4) is 0 Å². The minimum Gasteiger partial charge on any atom is -0.390 e. The second-order valence-electron chi connectivity index (χ2n) is 8.38. The number of allylic oxidation sites excluding steroid dienone is 1. The SMILES string of the molecule is O[C@@H]1CCC=C(COCc2ccccc2)[C@@H](OCc2ccccc2)[C@@H]1OCc1ccccc1. The van der Waals surface area contributed by atoms with Crippen molar-refractivity contribution < 1.29 is 19.3 Å². The van der Waals surface area contributed by atoms with Gasteiger partial charge in [0.15, 0.2) is 0 Å². The number of ether oxygens (including phenoxy) is 3. The van der Waals surface area contributed by atoms with E-state index in [9.17, 15) is 5.11 Å². The number of aliphatic hydroxyl groups is 1. The molecule has 3 atom stereocenters. The molecule has 0 saturated heterocycles. The van der Waals surface area contributed by atoms with Crippen molar-refractivity contribution in [2.24, 2.45) is 0 Å². The summed E-state index contributed by atoms with van der Waals surface area (Å²) in [4.78, 5) is 0. The highest BCUT2D eigenvalue weighted by atomic mass is 16.5. The summed E-state index contributed by atoms with van der Waals surface area (Å²) in [6.07, 6.45) is 2.08. The molecule has 0 bridgehead atoms. The highest BCUT2D eigenvalue weighted by Gasteiger charge is 2.34. The van der Waals surface area contributed by atoms with Gasteiger partial charge in [-0.15, -0.1) is 0 Å². The zero-order chi connectivity index (χ0) is 22.7. The van der Waals surface area contributed by atoms with Crippen molar-refractivity contribution in [1.82, 2.24) is 0 Å². The second-order valence-corrected chi connectivity index (χ2v) is 8.38. The summed E-state index contributed by atoms with van der Waals surface area (Å²) in [5.74, 6) is 0. The summed E-state index contributed by atoms with van der Waals surface area (Å²) in [5, 5.41) is 10.9. The first-order valence-corrected chi connectivity index (χ1v) is 11.6. The molecule has 4 heteroatoms. The summed E-state index contributed by atoms with van der Waals surface area (Å²) in [6.45, 7) is 1.83. The van der Waals surface area contributed by atoms with Gasteiger partial charge in [0.25, 0.3) is 0 Å². The predicted molar refractivity (Wildman–Crippen MR) is 129 cm³/mol. The molecule has 0 unspecified atom stereocenters. The van der Waals surface area contributed by atoms with E-state index in [2.05, 4.69) is 18.2 Å². The molecule has 1 aliphatic carbocycles. The van der Waals surface area contributed by atoms with Crippen molar-refractivity contribution in [2.45, 2.75) is 51.0 Å². The zero-order valence-electron chi connectivity index (χ0n) is 18.9. The fourth-order valence-corrected chi connectivity index (χ4v) is 4.06. The third kappa shape index (κ3) is 7.11. The molecule has 4 rings (SSSR count). The first-order chi connectivity index (χ1) is 16.3. The van der Waals surface area contributed by atoms with Crippen molar-refractivity contribution in [2.75, 3.05) is 6.61 Å². The monoisotopic (exact) mass is 444 g/mol. The van der Waals surface area contributed by atoms with Crippen LogP contribution in [0, 0.1) is 0 Å². The van der Waals surface area contributed by atoms with Gasteiger partial charge in [-0.3, -0.25) is 0 Å². The molecule has 0 heterocycles. The number of hydrogen-bond donors (Lipinski definition) is 1. The minimum atomic E-state index is -0.614. The summed E-state index contributed by atoms with van der Waals surface area (Å²) in [6, 6.07) is 30.3. The fraction of sp³-hybridized carbons (Fsp3) is 0.310. The van der Waals surface area contributed by atoms with Crippen molar-refractivity contribution >= 4 is 0 Å². The summed E-state index contributed by atoms with van der Waals surface area (Å²) >= 11 is 0. The Morgan fingerprint density at radius 1 is 0.636 bits per heavy atom. The Hall–Kier alpha value is -2.76. The number of benzene rings is 3. The van der Waals surface area contributed by atoms with Gasteiger partial charge in [-0.05, 0) is 35.1 Å². The molecule has 3 aromatic carbocycles. The molecule has 172 valence electrons. The van der Waals surface area contributed by atoms with Crippen LogP contribution in [0.1, 0.15) is 29.5 Å². The Kier molecular flexibility index (Phi) is 8.84. The number of aliphatic hydroxyl groups excluding tert-OH is 1. The van der Waals surface area contributed by atoms with Crippen LogP contribution in [0.5, 0.6) is 0 Å². The van der Waals surface area contributed by atoms with Crippen LogP contribution < -0.4 is 0 Å². The molecule has 0 aromatic heterocycles. The number of rotatable bonds is 10. The van der Waals surface area contributed by atoms with Gasteiger partial charge in [0, 0.05) is 0 Å². The van der Waals surface area contributed by atoms with Crippen LogP contribution >= 0.6 is 0 Å². The molecule has 1 N–H and O–H groups in total. The van der Waals surface area contributed by atoms with Gasteiger partial charge in [0.1, 0.15) is 12.2 Å². The molecule has 4 nitrogen and oxygen atoms in total. The molecule has 0 radical (unpaired) electrons. The molecule has 33 heavy (non-hydrogen) atoms. The summed E-state index contributed by atoms with van der Waals surface area (Å²) in [7, 11) is 0. The van der Waals surface area contributed by atoms with E-state index in [1.165, 1.54) is 0 Å². The molecule has 0 aliphatic heterocycles. The van der Waals surface area contributed by atoms with Crippen LogP contribution in [0.15, 0.2) is 103 Å². The van der Waals surface area contributed by atoms with Crippen LogP contribution in [0.2, 0.25) is 0 Å². The summed E-state index contributed by atoms with van der Waals surface area (Å²) in [5.41, 5.74) is 4.31. The molecule has 0 amide bonds. The first kappa shape index (κ1) is 23.4. The molecular weight excluding hydrogens is 412 g/mol. The normalized spacial score (nSPS) is 20.8. The fourth-order valence-electron chi connectivity index (χ4n) is 4.06. The minimum absolute atomic E-state index is 0.387. The maximum absolute atomic E-state index is 10.9. The van der Waals surface area contributed by atoms with Gasteiger partial charge < -0.3 is 19.3 Å². The Balaban J connectivity index is 1.47. The van der Waals surface area contributed by atoms with E-state index < -0.39 is 12.2 Å². The maximum Gasteiger partial charge on any atom is 0.114 e. The van der Waals surface area contributed by atoms with E-state index in [0.717, 1.165) is 28.7 Å². The third-order valence-electron chi connectivity index (χ3n) is 5.85. The van der Waals surface area contributed by atoms with Crippen LogP contribution in [-0.4, -0.2) is 30.0 Å². The number of hydrogen-bond acceptors (Lipinski definition) is 4. The van der Waals surface area contributed by atoms with E-state index >= 15 is 0 Å². The van der Waals surface area contributed by atoms with Crippen molar-refractivity contribution in [1.29, 1.82) is 0 Å². The average Bonchev–Trinajstić information content (AvgIpc) is 3.01. The topological polar surface area (TPSA) is 47.9 Å². The van der Waals surface area contributed by atoms with Gasteiger partial charge in [-0.25, -0.2) is 0 Å². The van der Waals surface area contributed by atoms with Crippen LogP contribution in [0.4, 0.5) is 0 Å². The largest absolute Gasteiger partial charge is 0.390 e. The Morgan fingerprint density at radius 2 is 1.15 bits per heavy atom. The van der Waals surface area contributed by atoms with Crippen molar-refractivity contribution in [3.8, 4) is 0 Å².